The first kappa shape index (κ1) is 14.3. The second-order valence-corrected chi connectivity index (χ2v) is 5.37. The minimum absolute atomic E-state index is 0.144. The van der Waals surface area contributed by atoms with Crippen molar-refractivity contribution in [3.63, 3.8) is 0 Å². The van der Waals surface area contributed by atoms with E-state index in [1.165, 1.54) is 5.56 Å². The number of amidine groups is 1. The maximum Gasteiger partial charge on any atom is 0.256 e. The Bertz CT molecular complexity index is 670. The van der Waals surface area contributed by atoms with E-state index >= 15 is 0 Å². The van der Waals surface area contributed by atoms with Crippen LogP contribution in [0.3, 0.4) is 0 Å². The third-order valence-corrected chi connectivity index (χ3v) is 3.63. The van der Waals surface area contributed by atoms with Gasteiger partial charge < -0.3 is 5.32 Å². The standard InChI is InChI=1S/C17H18N4O/c1-13-11-16(19-17(22)15-7-9-18-10-8-15)20-21(13)12-14-5-3-2-4-6-14/h2-10,13H,11-12H2,1H3,(H,19,20,22)/t13-/m1/s1. The topological polar surface area (TPSA) is 57.6 Å². The van der Waals surface area contributed by atoms with Crippen LogP contribution in [0.5, 0.6) is 0 Å². The molecule has 2 aromatic rings. The number of pyridine rings is 1. The van der Waals surface area contributed by atoms with Crippen molar-refractivity contribution in [3.05, 3.63) is 66.0 Å². The third kappa shape index (κ3) is 3.31. The number of nitrogens with zero attached hydrogens (tertiary/aromatic N) is 3. The fourth-order valence-corrected chi connectivity index (χ4v) is 2.42. The van der Waals surface area contributed by atoms with Crippen molar-refractivity contribution >= 4 is 11.7 Å². The van der Waals surface area contributed by atoms with Gasteiger partial charge in [-0.3, -0.25) is 14.8 Å². The van der Waals surface area contributed by atoms with Crippen molar-refractivity contribution in [2.45, 2.75) is 25.9 Å². The first-order valence-corrected chi connectivity index (χ1v) is 7.32. The summed E-state index contributed by atoms with van der Waals surface area (Å²) in [5.41, 5.74) is 1.80. The van der Waals surface area contributed by atoms with Crippen LogP contribution in [0.1, 0.15) is 29.3 Å². The molecule has 5 heteroatoms. The van der Waals surface area contributed by atoms with Gasteiger partial charge in [-0.25, -0.2) is 0 Å². The van der Waals surface area contributed by atoms with E-state index in [1.54, 1.807) is 24.5 Å². The number of nitrogens with one attached hydrogen (secondary N) is 1. The summed E-state index contributed by atoms with van der Waals surface area (Å²) in [5.74, 6) is 0.570. The summed E-state index contributed by atoms with van der Waals surface area (Å²) in [6, 6.07) is 13.9. The molecule has 0 unspecified atom stereocenters. The number of aromatic nitrogens is 1. The smallest absolute Gasteiger partial charge is 0.256 e. The molecule has 0 aliphatic carbocycles. The number of rotatable bonds is 3. The normalized spacial score (nSPS) is 17.2. The van der Waals surface area contributed by atoms with E-state index in [0.717, 1.165) is 13.0 Å². The molecule has 1 aromatic carbocycles. The summed E-state index contributed by atoms with van der Waals surface area (Å²) >= 11 is 0. The second kappa shape index (κ2) is 6.39. The van der Waals surface area contributed by atoms with E-state index < -0.39 is 0 Å². The number of hydrogen-bond donors (Lipinski definition) is 1. The van der Waals surface area contributed by atoms with Crippen LogP contribution in [0, 0.1) is 0 Å². The molecule has 1 N–H and O–H groups in total. The van der Waals surface area contributed by atoms with Gasteiger partial charge in [0.1, 0.15) is 5.84 Å². The Kier molecular flexibility index (Phi) is 4.14. The highest BCUT2D eigenvalue weighted by Crippen LogP contribution is 2.17. The second-order valence-electron chi connectivity index (χ2n) is 5.37. The lowest BCUT2D eigenvalue weighted by Gasteiger charge is -2.19. The fourth-order valence-electron chi connectivity index (χ4n) is 2.42. The van der Waals surface area contributed by atoms with Gasteiger partial charge in [-0.15, -0.1) is 0 Å². The molecule has 0 spiro atoms. The average molecular weight is 294 g/mol. The van der Waals surface area contributed by atoms with Crippen LogP contribution in [0.15, 0.2) is 60.0 Å². The molecule has 2 heterocycles. The minimum Gasteiger partial charge on any atom is -0.309 e. The first-order chi connectivity index (χ1) is 10.7. The highest BCUT2D eigenvalue weighted by Gasteiger charge is 2.24. The van der Waals surface area contributed by atoms with Crippen molar-refractivity contribution in [1.82, 2.24) is 15.3 Å². The molecule has 3 rings (SSSR count). The van der Waals surface area contributed by atoms with Gasteiger partial charge in [0.15, 0.2) is 0 Å². The van der Waals surface area contributed by atoms with Crippen LogP contribution in [0.2, 0.25) is 0 Å². The molecule has 0 radical (unpaired) electrons. The molecule has 1 aromatic heterocycles. The number of carbonyl (C=O) groups excluding carboxylic acids is 1. The summed E-state index contributed by atoms with van der Waals surface area (Å²) in [6.07, 6.45) is 3.95. The molecular weight excluding hydrogens is 276 g/mol. The molecule has 0 fully saturated rings. The zero-order chi connectivity index (χ0) is 15.4. The van der Waals surface area contributed by atoms with E-state index in [1.807, 2.05) is 23.2 Å². The van der Waals surface area contributed by atoms with Crippen molar-refractivity contribution in [2.75, 3.05) is 0 Å². The van der Waals surface area contributed by atoms with E-state index in [9.17, 15) is 4.79 Å². The first-order valence-electron chi connectivity index (χ1n) is 7.32. The summed E-state index contributed by atoms with van der Waals surface area (Å²) in [6.45, 7) is 2.86. The minimum atomic E-state index is -0.144. The quantitative estimate of drug-likeness (QED) is 0.946. The lowest BCUT2D eigenvalue weighted by Crippen LogP contribution is -2.30. The number of carbonyl (C=O) groups is 1. The van der Waals surface area contributed by atoms with Gasteiger partial charge in [0.2, 0.25) is 0 Å². The van der Waals surface area contributed by atoms with Crippen LogP contribution in [-0.4, -0.2) is 27.8 Å². The maximum absolute atomic E-state index is 12.1. The Hall–Kier alpha value is -2.69. The van der Waals surface area contributed by atoms with Crippen molar-refractivity contribution in [1.29, 1.82) is 0 Å². The Morgan fingerprint density at radius 3 is 2.68 bits per heavy atom. The van der Waals surface area contributed by atoms with Crippen molar-refractivity contribution in [3.8, 4) is 0 Å². The van der Waals surface area contributed by atoms with Crippen molar-refractivity contribution in [2.24, 2.45) is 5.10 Å². The molecule has 5 nitrogen and oxygen atoms in total. The van der Waals surface area contributed by atoms with Gasteiger partial charge in [0.05, 0.1) is 12.6 Å². The lowest BCUT2D eigenvalue weighted by atomic mass is 10.2. The SMILES string of the molecule is C[C@@H]1CC(NC(=O)c2ccncc2)=NN1Cc1ccccc1. The number of amides is 1. The van der Waals surface area contributed by atoms with E-state index in [2.05, 4.69) is 34.5 Å². The lowest BCUT2D eigenvalue weighted by molar-refractivity contribution is 0.0976. The Balaban J connectivity index is 1.65. The predicted molar refractivity (Wildman–Crippen MR) is 85.2 cm³/mol. The van der Waals surface area contributed by atoms with Gasteiger partial charge in [0, 0.05) is 24.4 Å². The van der Waals surface area contributed by atoms with Gasteiger partial charge in [0.25, 0.3) is 5.91 Å². The molecule has 1 amide bonds. The van der Waals surface area contributed by atoms with Crippen LogP contribution in [-0.2, 0) is 6.54 Å². The van der Waals surface area contributed by atoms with Gasteiger partial charge >= 0.3 is 0 Å². The van der Waals surface area contributed by atoms with Gasteiger partial charge in [-0.2, -0.15) is 5.10 Å². The molecule has 1 aliphatic rings. The largest absolute Gasteiger partial charge is 0.309 e. The van der Waals surface area contributed by atoms with Crippen molar-refractivity contribution < 1.29 is 4.79 Å². The molecule has 1 atom stereocenters. The van der Waals surface area contributed by atoms with Crippen LogP contribution in [0.4, 0.5) is 0 Å². The maximum atomic E-state index is 12.1. The zero-order valence-corrected chi connectivity index (χ0v) is 12.4. The highest BCUT2D eigenvalue weighted by atomic mass is 16.1. The molecule has 0 saturated carbocycles. The van der Waals surface area contributed by atoms with Gasteiger partial charge in [-0.1, -0.05) is 30.3 Å². The van der Waals surface area contributed by atoms with E-state index in [-0.39, 0.29) is 11.9 Å². The fraction of sp³-hybridized carbons (Fsp3) is 0.235. The molecule has 0 bridgehead atoms. The summed E-state index contributed by atoms with van der Waals surface area (Å²) in [5, 5.41) is 9.43. The molecule has 0 saturated heterocycles. The molecule has 112 valence electrons. The van der Waals surface area contributed by atoms with E-state index in [4.69, 9.17) is 0 Å². The molecule has 1 aliphatic heterocycles. The van der Waals surface area contributed by atoms with Crippen LogP contribution < -0.4 is 5.32 Å². The predicted octanol–water partition coefficient (Wildman–Crippen LogP) is 2.42. The number of hydrogen-bond acceptors (Lipinski definition) is 4. The van der Waals surface area contributed by atoms with Crippen LogP contribution >= 0.6 is 0 Å². The number of hydrazone groups is 1. The third-order valence-electron chi connectivity index (χ3n) is 3.63. The van der Waals surface area contributed by atoms with E-state index in [0.29, 0.717) is 11.4 Å². The zero-order valence-electron chi connectivity index (χ0n) is 12.4. The Morgan fingerprint density at radius 2 is 1.95 bits per heavy atom. The summed E-state index contributed by atoms with van der Waals surface area (Å²) < 4.78 is 0. The van der Waals surface area contributed by atoms with Crippen LogP contribution in [0.25, 0.3) is 0 Å². The monoisotopic (exact) mass is 294 g/mol. The summed E-state index contributed by atoms with van der Waals surface area (Å²) in [4.78, 5) is 16.0. The summed E-state index contributed by atoms with van der Waals surface area (Å²) in [7, 11) is 0. The Labute approximate surface area is 129 Å². The Morgan fingerprint density at radius 1 is 1.23 bits per heavy atom. The molecule has 22 heavy (non-hydrogen) atoms. The van der Waals surface area contributed by atoms with Gasteiger partial charge in [-0.05, 0) is 24.6 Å². The highest BCUT2D eigenvalue weighted by molar-refractivity contribution is 6.06. The number of benzene rings is 1. The average Bonchev–Trinajstić information content (AvgIpc) is 2.88. The molecular formula is C17H18N4O.